The predicted molar refractivity (Wildman–Crippen MR) is 126 cm³/mol. The van der Waals surface area contributed by atoms with Crippen LogP contribution < -0.4 is 16.0 Å². The SMILES string of the molecule is CNC(=O)Nc1cc(-c2cccc(NC(=O)OCC#CC(C)(C)C)c2C)cn2ccnc12. The highest BCUT2D eigenvalue weighted by Gasteiger charge is 2.14. The van der Waals surface area contributed by atoms with Crippen LogP contribution in [0.15, 0.2) is 42.9 Å². The number of carbonyl (C=O) groups is 2. The van der Waals surface area contributed by atoms with Gasteiger partial charge in [0.1, 0.15) is 0 Å². The number of fused-ring (bicyclic) bond motifs is 1. The van der Waals surface area contributed by atoms with Gasteiger partial charge >= 0.3 is 12.1 Å². The molecule has 0 bridgehead atoms. The summed E-state index contributed by atoms with van der Waals surface area (Å²) in [6.45, 7) is 7.91. The van der Waals surface area contributed by atoms with Gasteiger partial charge in [0.25, 0.3) is 0 Å². The number of urea groups is 1. The molecule has 0 atom stereocenters. The van der Waals surface area contributed by atoms with Gasteiger partial charge in [-0.2, -0.15) is 0 Å². The van der Waals surface area contributed by atoms with Gasteiger partial charge in [-0.05, 0) is 51.0 Å². The van der Waals surface area contributed by atoms with Gasteiger partial charge in [0, 0.05) is 42.3 Å². The van der Waals surface area contributed by atoms with E-state index in [2.05, 4.69) is 32.8 Å². The first-order chi connectivity index (χ1) is 15.2. The van der Waals surface area contributed by atoms with Crippen molar-refractivity contribution in [1.29, 1.82) is 0 Å². The lowest BCUT2D eigenvalue weighted by molar-refractivity contribution is 0.176. The van der Waals surface area contributed by atoms with Crippen LogP contribution in [0.1, 0.15) is 26.3 Å². The van der Waals surface area contributed by atoms with Crippen molar-refractivity contribution in [2.24, 2.45) is 5.41 Å². The molecular formula is C24H27N5O3. The number of nitrogens with one attached hydrogen (secondary N) is 3. The highest BCUT2D eigenvalue weighted by Crippen LogP contribution is 2.31. The van der Waals surface area contributed by atoms with Crippen LogP contribution in [0, 0.1) is 24.2 Å². The van der Waals surface area contributed by atoms with E-state index in [9.17, 15) is 9.59 Å². The third kappa shape index (κ3) is 5.58. The molecule has 166 valence electrons. The molecule has 2 aromatic heterocycles. The van der Waals surface area contributed by atoms with Crippen molar-refractivity contribution in [1.82, 2.24) is 14.7 Å². The minimum Gasteiger partial charge on any atom is -0.436 e. The maximum atomic E-state index is 12.2. The zero-order valence-corrected chi connectivity index (χ0v) is 18.9. The van der Waals surface area contributed by atoms with Crippen LogP contribution in [0.3, 0.4) is 0 Å². The quantitative estimate of drug-likeness (QED) is 0.522. The number of nitrogens with zero attached hydrogens (tertiary/aromatic N) is 2. The van der Waals surface area contributed by atoms with E-state index in [0.29, 0.717) is 17.0 Å². The van der Waals surface area contributed by atoms with Gasteiger partial charge in [-0.25, -0.2) is 14.6 Å². The van der Waals surface area contributed by atoms with Crippen LogP contribution in [0.5, 0.6) is 0 Å². The minimum atomic E-state index is -0.569. The topological polar surface area (TPSA) is 96.8 Å². The fourth-order valence-electron chi connectivity index (χ4n) is 3.09. The highest BCUT2D eigenvalue weighted by atomic mass is 16.5. The molecule has 3 amide bonds. The molecule has 3 aromatic rings. The molecule has 0 unspecified atom stereocenters. The maximum absolute atomic E-state index is 12.2. The van der Waals surface area contributed by atoms with Crippen molar-refractivity contribution >= 4 is 29.1 Å². The zero-order valence-electron chi connectivity index (χ0n) is 18.9. The molecule has 2 heterocycles. The molecule has 32 heavy (non-hydrogen) atoms. The number of imidazole rings is 1. The Morgan fingerprint density at radius 1 is 1.19 bits per heavy atom. The van der Waals surface area contributed by atoms with E-state index in [-0.39, 0.29) is 18.1 Å². The molecule has 3 N–H and O–H groups in total. The van der Waals surface area contributed by atoms with Crippen molar-refractivity contribution in [2.45, 2.75) is 27.7 Å². The Morgan fingerprint density at radius 2 is 1.97 bits per heavy atom. The Kier molecular flexibility index (Phi) is 6.69. The second-order valence-electron chi connectivity index (χ2n) is 8.24. The lowest BCUT2D eigenvalue weighted by Gasteiger charge is -2.14. The van der Waals surface area contributed by atoms with Gasteiger partial charge in [-0.1, -0.05) is 24.0 Å². The summed E-state index contributed by atoms with van der Waals surface area (Å²) < 4.78 is 7.01. The van der Waals surface area contributed by atoms with Crippen molar-refractivity contribution in [3.8, 4) is 23.0 Å². The molecule has 1 aromatic carbocycles. The number of rotatable bonds is 4. The van der Waals surface area contributed by atoms with E-state index in [1.54, 1.807) is 25.5 Å². The van der Waals surface area contributed by atoms with E-state index in [1.807, 2.05) is 56.5 Å². The molecule has 0 radical (unpaired) electrons. The summed E-state index contributed by atoms with van der Waals surface area (Å²) in [4.78, 5) is 28.4. The van der Waals surface area contributed by atoms with Crippen molar-refractivity contribution < 1.29 is 14.3 Å². The number of anilines is 2. The summed E-state index contributed by atoms with van der Waals surface area (Å²) >= 11 is 0. The number of aromatic nitrogens is 2. The van der Waals surface area contributed by atoms with Gasteiger partial charge in [0.05, 0.1) is 5.69 Å². The van der Waals surface area contributed by atoms with Crippen molar-refractivity contribution in [3.05, 3.63) is 48.4 Å². The Hall–Kier alpha value is -3.99. The average molecular weight is 434 g/mol. The third-order valence-electron chi connectivity index (χ3n) is 4.58. The number of benzene rings is 1. The molecule has 0 spiro atoms. The lowest BCUT2D eigenvalue weighted by Crippen LogP contribution is -2.24. The Labute approximate surface area is 187 Å². The van der Waals surface area contributed by atoms with Crippen LogP contribution in [0.2, 0.25) is 0 Å². The smallest absolute Gasteiger partial charge is 0.412 e. The van der Waals surface area contributed by atoms with Gasteiger partial charge in [0.2, 0.25) is 0 Å². The molecule has 8 heteroatoms. The molecule has 0 saturated carbocycles. The number of carbonyl (C=O) groups excluding carboxylic acids is 2. The second-order valence-corrected chi connectivity index (χ2v) is 8.24. The number of amides is 3. The molecule has 0 aliphatic heterocycles. The normalized spacial score (nSPS) is 10.8. The monoisotopic (exact) mass is 433 g/mol. The molecule has 0 saturated heterocycles. The summed E-state index contributed by atoms with van der Waals surface area (Å²) in [5.41, 5.74) is 4.29. The first kappa shape index (κ1) is 22.7. The van der Waals surface area contributed by atoms with Crippen LogP contribution in [-0.4, -0.2) is 35.2 Å². The molecule has 0 fully saturated rings. The van der Waals surface area contributed by atoms with E-state index in [4.69, 9.17) is 4.74 Å². The van der Waals surface area contributed by atoms with Crippen LogP contribution in [-0.2, 0) is 4.74 Å². The van der Waals surface area contributed by atoms with Gasteiger partial charge in [0.15, 0.2) is 12.3 Å². The van der Waals surface area contributed by atoms with Crippen LogP contribution in [0.25, 0.3) is 16.8 Å². The molecule has 0 aliphatic carbocycles. The lowest BCUT2D eigenvalue weighted by atomic mass is 9.98. The van der Waals surface area contributed by atoms with E-state index < -0.39 is 6.09 Å². The Morgan fingerprint density at radius 3 is 2.69 bits per heavy atom. The fraction of sp³-hybridized carbons (Fsp3) is 0.292. The summed E-state index contributed by atoms with van der Waals surface area (Å²) in [5, 5.41) is 8.12. The van der Waals surface area contributed by atoms with Gasteiger partial charge in [-0.3, -0.25) is 5.32 Å². The second kappa shape index (κ2) is 9.43. The summed E-state index contributed by atoms with van der Waals surface area (Å²) in [7, 11) is 1.55. The molecule has 8 nitrogen and oxygen atoms in total. The highest BCUT2D eigenvalue weighted by molar-refractivity contribution is 5.95. The summed E-state index contributed by atoms with van der Waals surface area (Å²) in [6, 6.07) is 7.12. The van der Waals surface area contributed by atoms with Gasteiger partial charge in [-0.15, -0.1) is 0 Å². The summed E-state index contributed by atoms with van der Waals surface area (Å²) in [5.74, 6) is 5.88. The third-order valence-corrected chi connectivity index (χ3v) is 4.58. The maximum Gasteiger partial charge on any atom is 0.412 e. The molecule has 3 rings (SSSR count). The first-order valence-electron chi connectivity index (χ1n) is 10.2. The van der Waals surface area contributed by atoms with Crippen LogP contribution >= 0.6 is 0 Å². The fourth-order valence-corrected chi connectivity index (χ4v) is 3.09. The average Bonchev–Trinajstić information content (AvgIpc) is 3.21. The van der Waals surface area contributed by atoms with E-state index >= 15 is 0 Å². The minimum absolute atomic E-state index is 0.0215. The van der Waals surface area contributed by atoms with Crippen molar-refractivity contribution in [3.63, 3.8) is 0 Å². The first-order valence-corrected chi connectivity index (χ1v) is 10.2. The van der Waals surface area contributed by atoms with Crippen LogP contribution in [0.4, 0.5) is 21.0 Å². The molecule has 0 aliphatic rings. The Balaban J connectivity index is 1.85. The summed E-state index contributed by atoms with van der Waals surface area (Å²) in [6.07, 6.45) is 4.82. The molecular weight excluding hydrogens is 406 g/mol. The number of ether oxygens (including phenoxy) is 1. The largest absolute Gasteiger partial charge is 0.436 e. The predicted octanol–water partition coefficient (Wildman–Crippen LogP) is 4.66. The van der Waals surface area contributed by atoms with E-state index in [1.165, 1.54) is 0 Å². The number of hydrogen-bond donors (Lipinski definition) is 3. The number of pyridine rings is 1. The number of hydrogen-bond acceptors (Lipinski definition) is 4. The standard InChI is InChI=1S/C24H27N5O3/c1-16-18(8-6-9-19(16)28-23(31)32-13-7-10-24(2,3)4)17-14-20(27-22(30)25-5)21-26-11-12-29(21)15-17/h6,8-9,11-12,14-15H,13H2,1-5H3,(H,28,31)(H2,25,27,30). The zero-order chi connectivity index (χ0) is 23.3. The van der Waals surface area contributed by atoms with E-state index in [0.717, 1.165) is 16.7 Å². The van der Waals surface area contributed by atoms with Crippen molar-refractivity contribution in [2.75, 3.05) is 24.3 Å². The van der Waals surface area contributed by atoms with Gasteiger partial charge < -0.3 is 19.8 Å². The Bertz CT molecular complexity index is 1210.